The molecule has 1 fully saturated rings. The molecular formula is C26H20F2N2O3. The minimum atomic E-state index is -1.19. The highest BCUT2D eigenvalue weighted by Gasteiger charge is 2.43. The fraction of sp³-hybridized carbons (Fsp3) is 0.192. The van der Waals surface area contributed by atoms with Gasteiger partial charge >= 0.3 is 5.97 Å². The second kappa shape index (κ2) is 8.83. The van der Waals surface area contributed by atoms with Crippen LogP contribution in [0.2, 0.25) is 0 Å². The van der Waals surface area contributed by atoms with Crippen molar-refractivity contribution in [2.75, 3.05) is 0 Å². The molecule has 3 aromatic rings. The molecule has 0 radical (unpaired) electrons. The third-order valence-electron chi connectivity index (χ3n) is 6.02. The lowest BCUT2D eigenvalue weighted by Gasteiger charge is -2.29. The van der Waals surface area contributed by atoms with Crippen LogP contribution >= 0.6 is 0 Å². The first-order chi connectivity index (χ1) is 15.8. The number of aryl methyl sites for hydroxylation is 1. The zero-order valence-electron chi connectivity index (χ0n) is 17.8. The molecule has 0 bridgehead atoms. The number of likely N-dealkylation sites (tertiary alicyclic amines) is 1. The molecule has 0 aliphatic carbocycles. The number of carboxylic acid groups (broad SMARTS) is 1. The predicted octanol–water partition coefficient (Wildman–Crippen LogP) is 5.24. The number of halogens is 2. The first-order valence-electron chi connectivity index (χ1n) is 10.4. The Morgan fingerprint density at radius 2 is 1.82 bits per heavy atom. The highest BCUT2D eigenvalue weighted by Crippen LogP contribution is 2.39. The molecule has 3 aromatic carbocycles. The molecule has 1 amide bonds. The number of hydrogen-bond donors (Lipinski definition) is 1. The van der Waals surface area contributed by atoms with E-state index in [1.54, 1.807) is 36.4 Å². The molecule has 4 rings (SSSR count). The Balaban J connectivity index is 1.72. The van der Waals surface area contributed by atoms with Crippen LogP contribution in [0.25, 0.3) is 11.1 Å². The summed E-state index contributed by atoms with van der Waals surface area (Å²) in [6.07, 6.45) is 0.348. The average molecular weight is 446 g/mol. The number of nitriles is 1. The van der Waals surface area contributed by atoms with E-state index < -0.39 is 35.6 Å². The number of carboxylic acids is 1. The summed E-state index contributed by atoms with van der Waals surface area (Å²) in [5.74, 6) is -3.87. The van der Waals surface area contributed by atoms with Gasteiger partial charge in [-0.15, -0.1) is 0 Å². The highest BCUT2D eigenvalue weighted by atomic mass is 19.2. The Morgan fingerprint density at radius 3 is 2.52 bits per heavy atom. The zero-order chi connectivity index (χ0) is 23.7. The van der Waals surface area contributed by atoms with Gasteiger partial charge < -0.3 is 10.0 Å². The smallest absolute Gasteiger partial charge is 0.326 e. The topological polar surface area (TPSA) is 81.4 Å². The summed E-state index contributed by atoms with van der Waals surface area (Å²) in [6.45, 7) is 1.81. The van der Waals surface area contributed by atoms with E-state index in [4.69, 9.17) is 5.26 Å². The lowest BCUT2D eigenvalue weighted by molar-refractivity contribution is -0.141. The highest BCUT2D eigenvalue weighted by molar-refractivity contribution is 5.98. The van der Waals surface area contributed by atoms with Crippen LogP contribution in [-0.2, 0) is 4.79 Å². The van der Waals surface area contributed by atoms with Gasteiger partial charge in [0.25, 0.3) is 5.91 Å². The molecule has 166 valence electrons. The molecule has 0 spiro atoms. The Hall–Kier alpha value is -4.05. The van der Waals surface area contributed by atoms with Gasteiger partial charge in [0.05, 0.1) is 17.7 Å². The summed E-state index contributed by atoms with van der Waals surface area (Å²) < 4.78 is 28.3. The molecule has 1 aliphatic heterocycles. The van der Waals surface area contributed by atoms with Gasteiger partial charge in [-0.1, -0.05) is 30.3 Å². The number of amides is 1. The van der Waals surface area contributed by atoms with Gasteiger partial charge in [-0.3, -0.25) is 4.79 Å². The fourth-order valence-corrected chi connectivity index (χ4v) is 4.45. The molecule has 1 heterocycles. The van der Waals surface area contributed by atoms with Crippen molar-refractivity contribution in [1.29, 1.82) is 5.26 Å². The van der Waals surface area contributed by atoms with Crippen molar-refractivity contribution in [2.45, 2.75) is 31.8 Å². The van der Waals surface area contributed by atoms with Crippen LogP contribution in [0.4, 0.5) is 8.78 Å². The Labute approximate surface area is 189 Å². The van der Waals surface area contributed by atoms with E-state index in [0.29, 0.717) is 5.56 Å². The van der Waals surface area contributed by atoms with Crippen molar-refractivity contribution in [1.82, 2.24) is 4.90 Å². The third kappa shape index (κ3) is 4.08. The van der Waals surface area contributed by atoms with Gasteiger partial charge in [0.2, 0.25) is 0 Å². The second-order valence-electron chi connectivity index (χ2n) is 8.02. The number of rotatable bonds is 4. The second-order valence-corrected chi connectivity index (χ2v) is 8.02. The van der Waals surface area contributed by atoms with E-state index in [1.807, 2.05) is 13.0 Å². The Morgan fingerprint density at radius 1 is 1.06 bits per heavy atom. The number of carbonyl (C=O) groups excluding carboxylic acids is 1. The molecule has 0 aromatic heterocycles. The monoisotopic (exact) mass is 446 g/mol. The van der Waals surface area contributed by atoms with Crippen molar-refractivity contribution >= 4 is 11.9 Å². The molecule has 1 aliphatic rings. The fourth-order valence-electron chi connectivity index (χ4n) is 4.45. The molecule has 33 heavy (non-hydrogen) atoms. The van der Waals surface area contributed by atoms with Gasteiger partial charge in [0, 0.05) is 11.1 Å². The Bertz CT molecular complexity index is 1300. The summed E-state index contributed by atoms with van der Waals surface area (Å²) in [7, 11) is 0. The standard InChI is InChI=1S/C26H20F2N2O3/c1-15-12-18(8-9-19(15)17-5-2-4-16(13-17)14-29)25(31)30-22(10-11-23(30)26(32)33)20-6-3-7-21(27)24(20)28/h2-9,12-13,22-23H,10-11H2,1H3,(H,32,33)/t22-,23+/m1/s1. The summed E-state index contributed by atoms with van der Waals surface area (Å²) in [5.41, 5.74) is 3.13. The maximum absolute atomic E-state index is 14.5. The van der Waals surface area contributed by atoms with E-state index in [-0.39, 0.29) is 24.0 Å². The molecular weight excluding hydrogens is 426 g/mol. The van der Waals surface area contributed by atoms with Crippen molar-refractivity contribution < 1.29 is 23.5 Å². The maximum atomic E-state index is 14.5. The maximum Gasteiger partial charge on any atom is 0.326 e. The molecule has 7 heteroatoms. The summed E-state index contributed by atoms with van der Waals surface area (Å²) in [4.78, 5) is 26.4. The number of benzene rings is 3. The summed E-state index contributed by atoms with van der Waals surface area (Å²) in [5, 5.41) is 18.8. The normalized spacial score (nSPS) is 17.6. The molecule has 1 saturated heterocycles. The van der Waals surface area contributed by atoms with E-state index >= 15 is 0 Å². The van der Waals surface area contributed by atoms with Crippen molar-refractivity contribution in [3.63, 3.8) is 0 Å². The van der Waals surface area contributed by atoms with E-state index in [9.17, 15) is 23.5 Å². The SMILES string of the molecule is Cc1cc(C(=O)N2[C@@H](c3cccc(F)c3F)CC[C@H]2C(=O)O)ccc1-c1cccc(C#N)c1. The van der Waals surface area contributed by atoms with Crippen LogP contribution in [-0.4, -0.2) is 27.9 Å². The van der Waals surface area contributed by atoms with Crippen LogP contribution in [0, 0.1) is 29.9 Å². The summed E-state index contributed by atoms with van der Waals surface area (Å²) >= 11 is 0. The number of nitrogens with zero attached hydrogens (tertiary/aromatic N) is 2. The minimum absolute atomic E-state index is 0.0336. The van der Waals surface area contributed by atoms with Crippen molar-refractivity contribution in [2.24, 2.45) is 0 Å². The van der Waals surface area contributed by atoms with E-state index in [1.165, 1.54) is 12.1 Å². The van der Waals surface area contributed by atoms with Gasteiger partial charge in [-0.05, 0) is 66.8 Å². The number of aliphatic carboxylic acids is 1. The van der Waals surface area contributed by atoms with Gasteiger partial charge in [0.15, 0.2) is 11.6 Å². The van der Waals surface area contributed by atoms with Crippen LogP contribution in [0.15, 0.2) is 60.7 Å². The lowest BCUT2D eigenvalue weighted by atomic mass is 9.96. The van der Waals surface area contributed by atoms with Crippen LogP contribution in [0.3, 0.4) is 0 Å². The Kier molecular flexibility index (Phi) is 5.93. The van der Waals surface area contributed by atoms with Crippen LogP contribution < -0.4 is 0 Å². The quantitative estimate of drug-likeness (QED) is 0.594. The largest absolute Gasteiger partial charge is 0.480 e. The minimum Gasteiger partial charge on any atom is -0.480 e. The van der Waals surface area contributed by atoms with Crippen molar-refractivity contribution in [3.05, 3.63) is 94.6 Å². The van der Waals surface area contributed by atoms with Gasteiger partial charge in [-0.25, -0.2) is 13.6 Å². The summed E-state index contributed by atoms with van der Waals surface area (Å²) in [6, 6.07) is 15.8. The van der Waals surface area contributed by atoms with Gasteiger partial charge in [0.1, 0.15) is 6.04 Å². The first-order valence-corrected chi connectivity index (χ1v) is 10.4. The third-order valence-corrected chi connectivity index (χ3v) is 6.02. The van der Waals surface area contributed by atoms with Gasteiger partial charge in [-0.2, -0.15) is 5.26 Å². The number of carbonyl (C=O) groups is 2. The molecule has 5 nitrogen and oxygen atoms in total. The van der Waals surface area contributed by atoms with Crippen LogP contribution in [0.5, 0.6) is 0 Å². The first kappa shape index (κ1) is 22.2. The van der Waals surface area contributed by atoms with Crippen LogP contribution in [0.1, 0.15) is 45.9 Å². The van der Waals surface area contributed by atoms with E-state index in [2.05, 4.69) is 6.07 Å². The molecule has 2 atom stereocenters. The molecule has 1 N–H and O–H groups in total. The van der Waals surface area contributed by atoms with Crippen molar-refractivity contribution in [3.8, 4) is 17.2 Å². The number of hydrogen-bond acceptors (Lipinski definition) is 3. The molecule has 0 saturated carbocycles. The molecule has 0 unspecified atom stereocenters. The predicted molar refractivity (Wildman–Crippen MR) is 117 cm³/mol. The van der Waals surface area contributed by atoms with E-state index in [0.717, 1.165) is 27.7 Å². The lowest BCUT2D eigenvalue weighted by Crippen LogP contribution is -2.42. The average Bonchev–Trinajstić information content (AvgIpc) is 3.25. The zero-order valence-corrected chi connectivity index (χ0v) is 17.8.